The van der Waals surface area contributed by atoms with Crippen molar-refractivity contribution in [3.05, 3.63) is 0 Å². The van der Waals surface area contributed by atoms with E-state index in [4.69, 9.17) is 0 Å². The van der Waals surface area contributed by atoms with Gasteiger partial charge >= 0.3 is 0 Å². The van der Waals surface area contributed by atoms with Crippen molar-refractivity contribution in [1.29, 1.82) is 0 Å². The molecule has 0 aromatic rings. The number of rotatable bonds is 2. The molecule has 3 heteroatoms. The highest BCUT2D eigenvalue weighted by Gasteiger charge is 2.09. The summed E-state index contributed by atoms with van der Waals surface area (Å²) >= 11 is 0. The molecule has 3 nitrogen and oxygen atoms in total. The van der Waals surface area contributed by atoms with E-state index in [1.54, 1.807) is 0 Å². The molecule has 23 heavy (non-hydrogen) atoms. The minimum atomic E-state index is 0.925. The third-order valence-corrected chi connectivity index (χ3v) is 5.50. The van der Waals surface area contributed by atoms with Crippen LogP contribution in [-0.4, -0.2) is 39.3 Å². The summed E-state index contributed by atoms with van der Waals surface area (Å²) in [5.41, 5.74) is 0. The van der Waals surface area contributed by atoms with Gasteiger partial charge in [-0.3, -0.25) is 0 Å². The third kappa shape index (κ3) is 11.1. The van der Waals surface area contributed by atoms with E-state index >= 15 is 0 Å². The van der Waals surface area contributed by atoms with E-state index < -0.39 is 0 Å². The molecule has 1 unspecified atom stereocenters. The topological polar surface area (TPSA) is 36.1 Å². The predicted molar refractivity (Wildman–Crippen MR) is 103 cm³/mol. The van der Waals surface area contributed by atoms with Crippen molar-refractivity contribution in [2.24, 2.45) is 17.8 Å². The molecule has 0 aromatic carbocycles. The van der Waals surface area contributed by atoms with Crippen LogP contribution in [-0.2, 0) is 0 Å². The first-order valence-electron chi connectivity index (χ1n) is 10.4. The number of hydrogen-bond acceptors (Lipinski definition) is 3. The summed E-state index contributed by atoms with van der Waals surface area (Å²) in [4.78, 5) is 0. The van der Waals surface area contributed by atoms with Crippen molar-refractivity contribution in [2.75, 3.05) is 39.3 Å². The molecule has 3 aliphatic rings. The van der Waals surface area contributed by atoms with E-state index in [1.807, 2.05) is 0 Å². The Morgan fingerprint density at radius 3 is 1.26 bits per heavy atom. The predicted octanol–water partition coefficient (Wildman–Crippen LogP) is 3.80. The molecule has 0 aliphatic carbocycles. The molecule has 3 rings (SSSR count). The van der Waals surface area contributed by atoms with E-state index in [9.17, 15) is 0 Å². The Morgan fingerprint density at radius 1 is 0.652 bits per heavy atom. The molecule has 0 bridgehead atoms. The summed E-state index contributed by atoms with van der Waals surface area (Å²) < 4.78 is 0. The van der Waals surface area contributed by atoms with Gasteiger partial charge in [0.1, 0.15) is 0 Å². The van der Waals surface area contributed by atoms with Crippen molar-refractivity contribution in [3.63, 3.8) is 0 Å². The summed E-state index contributed by atoms with van der Waals surface area (Å²) in [5.74, 6) is 2.88. The van der Waals surface area contributed by atoms with Crippen LogP contribution in [0.5, 0.6) is 0 Å². The van der Waals surface area contributed by atoms with Crippen LogP contribution < -0.4 is 16.0 Å². The minimum absolute atomic E-state index is 0.925. The average Bonchev–Trinajstić information content (AvgIpc) is 2.65. The Balaban J connectivity index is 0.000000173. The molecular weight excluding hydrogens is 282 g/mol. The van der Waals surface area contributed by atoms with Crippen LogP contribution in [0, 0.1) is 17.8 Å². The second-order valence-corrected chi connectivity index (χ2v) is 7.69. The van der Waals surface area contributed by atoms with Gasteiger partial charge in [-0.15, -0.1) is 0 Å². The van der Waals surface area contributed by atoms with Crippen molar-refractivity contribution in [3.8, 4) is 0 Å². The van der Waals surface area contributed by atoms with Gasteiger partial charge in [-0.25, -0.2) is 0 Å². The van der Waals surface area contributed by atoms with Crippen molar-refractivity contribution >= 4 is 0 Å². The summed E-state index contributed by atoms with van der Waals surface area (Å²) in [6, 6.07) is 0. The summed E-state index contributed by atoms with van der Waals surface area (Å²) in [6.07, 6.45) is 11.2. The largest absolute Gasteiger partial charge is 0.316 e. The van der Waals surface area contributed by atoms with E-state index in [-0.39, 0.29) is 0 Å². The van der Waals surface area contributed by atoms with E-state index in [1.165, 1.54) is 90.6 Å². The van der Waals surface area contributed by atoms with Gasteiger partial charge in [0, 0.05) is 0 Å². The molecule has 0 saturated carbocycles. The first kappa shape index (κ1) is 20.9. The minimum Gasteiger partial charge on any atom is -0.316 e. The molecule has 0 spiro atoms. The molecule has 3 fully saturated rings. The second kappa shape index (κ2) is 14.2. The lowest BCUT2D eigenvalue weighted by atomic mass is 9.97. The number of hydrogen-bond donors (Lipinski definition) is 3. The summed E-state index contributed by atoms with van der Waals surface area (Å²) in [6.45, 7) is 14.3. The molecule has 0 radical (unpaired) electrons. The number of piperidine rings is 3. The highest BCUT2D eigenvalue weighted by molar-refractivity contribution is 4.67. The molecule has 3 saturated heterocycles. The van der Waals surface area contributed by atoms with Gasteiger partial charge in [0.2, 0.25) is 0 Å². The smallest absolute Gasteiger partial charge is 0.00206 e. The van der Waals surface area contributed by atoms with Gasteiger partial charge < -0.3 is 16.0 Å². The maximum absolute atomic E-state index is 3.39. The Labute approximate surface area is 145 Å². The molecule has 3 N–H and O–H groups in total. The van der Waals surface area contributed by atoms with E-state index in [0.29, 0.717) is 0 Å². The van der Waals surface area contributed by atoms with Gasteiger partial charge in [-0.1, -0.05) is 33.6 Å². The van der Waals surface area contributed by atoms with Crippen LogP contribution in [0.15, 0.2) is 0 Å². The normalized spacial score (nSPS) is 31.2. The fourth-order valence-electron chi connectivity index (χ4n) is 3.57. The van der Waals surface area contributed by atoms with Crippen LogP contribution in [0.2, 0.25) is 0 Å². The first-order valence-corrected chi connectivity index (χ1v) is 10.4. The molecule has 3 aliphatic heterocycles. The second-order valence-electron chi connectivity index (χ2n) is 7.69. The number of nitrogens with one attached hydrogen (secondary N) is 3. The lowest BCUT2D eigenvalue weighted by Gasteiger charge is -2.20. The van der Waals surface area contributed by atoms with E-state index in [2.05, 4.69) is 36.7 Å². The Kier molecular flexibility index (Phi) is 13.0. The summed E-state index contributed by atoms with van der Waals surface area (Å²) in [7, 11) is 0. The first-order chi connectivity index (χ1) is 11.3. The van der Waals surface area contributed by atoms with Crippen molar-refractivity contribution < 1.29 is 0 Å². The highest BCUT2D eigenvalue weighted by atomic mass is 14.9. The van der Waals surface area contributed by atoms with Gasteiger partial charge in [-0.05, 0) is 95.5 Å². The van der Waals surface area contributed by atoms with Crippen molar-refractivity contribution in [1.82, 2.24) is 16.0 Å². The lowest BCUT2D eigenvalue weighted by Crippen LogP contribution is -2.29. The van der Waals surface area contributed by atoms with Crippen LogP contribution in [0.1, 0.15) is 72.1 Å². The molecule has 3 heterocycles. The van der Waals surface area contributed by atoms with Crippen LogP contribution in [0.3, 0.4) is 0 Å². The maximum Gasteiger partial charge on any atom is -0.00206 e. The molecular formula is C20H43N3. The molecule has 0 aromatic heterocycles. The third-order valence-electron chi connectivity index (χ3n) is 5.50. The van der Waals surface area contributed by atoms with Crippen LogP contribution in [0.25, 0.3) is 0 Å². The van der Waals surface area contributed by atoms with Gasteiger partial charge in [0.15, 0.2) is 0 Å². The van der Waals surface area contributed by atoms with Gasteiger partial charge in [0.25, 0.3) is 0 Å². The monoisotopic (exact) mass is 325 g/mol. The van der Waals surface area contributed by atoms with E-state index in [0.717, 1.165) is 17.8 Å². The van der Waals surface area contributed by atoms with Crippen LogP contribution in [0.4, 0.5) is 0 Å². The average molecular weight is 326 g/mol. The van der Waals surface area contributed by atoms with Crippen LogP contribution >= 0.6 is 0 Å². The fraction of sp³-hybridized carbons (Fsp3) is 1.00. The summed E-state index contributed by atoms with van der Waals surface area (Å²) in [5, 5.41) is 10.1. The Bertz CT molecular complexity index is 221. The quantitative estimate of drug-likeness (QED) is 0.723. The zero-order valence-corrected chi connectivity index (χ0v) is 16.1. The SMILES string of the molecule is CC1CCCNC1.CC[C@@H]1CCCNC1.CC[C@H]1CCCNC1. The zero-order valence-electron chi connectivity index (χ0n) is 16.1. The fourth-order valence-corrected chi connectivity index (χ4v) is 3.57. The highest BCUT2D eigenvalue weighted by Crippen LogP contribution is 2.12. The van der Waals surface area contributed by atoms with Gasteiger partial charge in [0.05, 0.1) is 0 Å². The van der Waals surface area contributed by atoms with Crippen molar-refractivity contribution in [2.45, 2.75) is 72.1 Å². The molecule has 0 amide bonds. The molecule has 138 valence electrons. The standard InChI is InChI=1S/2C7H15N.C6H13N/c2*1-2-7-4-3-5-8-6-7;1-6-3-2-4-7-5-6/h2*7-8H,2-6H2,1H3;6-7H,2-5H2,1H3/t2*7-;/m10./s1. The Morgan fingerprint density at radius 2 is 1.09 bits per heavy atom. The Hall–Kier alpha value is -0.120. The molecule has 3 atom stereocenters. The zero-order chi connectivity index (χ0) is 16.8. The van der Waals surface area contributed by atoms with Gasteiger partial charge in [-0.2, -0.15) is 0 Å². The maximum atomic E-state index is 3.39. The lowest BCUT2D eigenvalue weighted by molar-refractivity contribution is 0.369.